The molecular formula is C21H28FN3O3. The van der Waals surface area contributed by atoms with E-state index in [4.69, 9.17) is 0 Å². The molecule has 7 heteroatoms. The van der Waals surface area contributed by atoms with Crippen molar-refractivity contribution in [2.24, 2.45) is 11.8 Å². The van der Waals surface area contributed by atoms with Crippen LogP contribution < -0.4 is 10.6 Å². The molecule has 1 aliphatic carbocycles. The van der Waals surface area contributed by atoms with E-state index < -0.39 is 23.3 Å². The fourth-order valence-electron chi connectivity index (χ4n) is 4.33. The molecule has 2 fully saturated rings. The number of imide groups is 1. The van der Waals surface area contributed by atoms with Crippen LogP contribution >= 0.6 is 0 Å². The number of benzene rings is 1. The minimum absolute atomic E-state index is 0.0602. The van der Waals surface area contributed by atoms with Crippen LogP contribution in [0.5, 0.6) is 0 Å². The summed E-state index contributed by atoms with van der Waals surface area (Å²) in [6, 6.07) is 4.96. The van der Waals surface area contributed by atoms with Crippen LogP contribution in [0.15, 0.2) is 24.3 Å². The normalized spacial score (nSPS) is 30.3. The van der Waals surface area contributed by atoms with E-state index in [0.29, 0.717) is 23.8 Å². The Hall–Kier alpha value is -2.44. The molecular weight excluding hydrogens is 361 g/mol. The van der Waals surface area contributed by atoms with Crippen LogP contribution in [0.4, 0.5) is 9.18 Å². The van der Waals surface area contributed by atoms with E-state index in [0.717, 1.165) is 24.2 Å². The maximum atomic E-state index is 13.3. The van der Waals surface area contributed by atoms with Gasteiger partial charge < -0.3 is 10.6 Å². The first-order valence-electron chi connectivity index (χ1n) is 9.98. The molecule has 152 valence electrons. The van der Waals surface area contributed by atoms with Crippen LogP contribution in [0, 0.1) is 17.7 Å². The number of carbonyl (C=O) groups excluding carboxylic acids is 3. The third-order valence-corrected chi connectivity index (χ3v) is 6.40. The Morgan fingerprint density at radius 1 is 1.25 bits per heavy atom. The summed E-state index contributed by atoms with van der Waals surface area (Å²) in [6.07, 6.45) is 3.42. The van der Waals surface area contributed by atoms with Gasteiger partial charge in [-0.15, -0.1) is 0 Å². The highest BCUT2D eigenvalue weighted by Crippen LogP contribution is 2.33. The van der Waals surface area contributed by atoms with Gasteiger partial charge in [-0.05, 0) is 42.4 Å². The molecule has 0 unspecified atom stereocenters. The predicted octanol–water partition coefficient (Wildman–Crippen LogP) is 2.92. The quantitative estimate of drug-likeness (QED) is 0.760. The molecule has 0 aromatic heterocycles. The van der Waals surface area contributed by atoms with Gasteiger partial charge in [-0.2, -0.15) is 0 Å². The van der Waals surface area contributed by atoms with Crippen LogP contribution in [0.1, 0.15) is 52.0 Å². The van der Waals surface area contributed by atoms with Crippen LogP contribution in [0.2, 0.25) is 0 Å². The first-order valence-corrected chi connectivity index (χ1v) is 9.98. The minimum atomic E-state index is -1.27. The molecule has 0 bridgehead atoms. The van der Waals surface area contributed by atoms with Crippen molar-refractivity contribution in [2.45, 2.75) is 58.0 Å². The maximum absolute atomic E-state index is 13.3. The third kappa shape index (κ3) is 3.62. The van der Waals surface area contributed by atoms with E-state index in [9.17, 15) is 18.8 Å². The van der Waals surface area contributed by atoms with Crippen LogP contribution in [-0.2, 0) is 15.1 Å². The molecule has 2 aliphatic rings. The van der Waals surface area contributed by atoms with Crippen molar-refractivity contribution in [3.63, 3.8) is 0 Å². The molecule has 4 amide bonds. The number of amides is 4. The van der Waals surface area contributed by atoms with Crippen molar-refractivity contribution in [1.29, 1.82) is 0 Å². The van der Waals surface area contributed by atoms with Crippen molar-refractivity contribution in [2.75, 3.05) is 6.54 Å². The lowest BCUT2D eigenvalue weighted by atomic mass is 9.78. The number of halogens is 1. The van der Waals surface area contributed by atoms with E-state index in [1.807, 2.05) is 0 Å². The van der Waals surface area contributed by atoms with Gasteiger partial charge in [0.25, 0.3) is 5.91 Å². The molecule has 1 aromatic carbocycles. The van der Waals surface area contributed by atoms with E-state index in [1.54, 1.807) is 6.92 Å². The number of nitrogens with one attached hydrogen (secondary N) is 2. The Bertz CT molecular complexity index is 767. The smallest absolute Gasteiger partial charge is 0.325 e. The highest BCUT2D eigenvalue weighted by molar-refractivity contribution is 6.09. The lowest BCUT2D eigenvalue weighted by Gasteiger charge is -2.34. The zero-order valence-electron chi connectivity index (χ0n) is 16.6. The maximum Gasteiger partial charge on any atom is 0.325 e. The summed E-state index contributed by atoms with van der Waals surface area (Å²) in [7, 11) is 0. The molecule has 1 heterocycles. The molecule has 2 N–H and O–H groups in total. The number of carbonyl (C=O) groups is 3. The van der Waals surface area contributed by atoms with Gasteiger partial charge in [-0.3, -0.25) is 14.5 Å². The molecule has 6 nitrogen and oxygen atoms in total. The Labute approximate surface area is 164 Å². The zero-order valence-corrected chi connectivity index (χ0v) is 16.6. The summed E-state index contributed by atoms with van der Waals surface area (Å²) in [5.41, 5.74) is -0.759. The second-order valence-corrected chi connectivity index (χ2v) is 8.03. The molecule has 1 aliphatic heterocycles. The third-order valence-electron chi connectivity index (χ3n) is 6.40. The van der Waals surface area contributed by atoms with Gasteiger partial charge in [-0.25, -0.2) is 9.18 Å². The van der Waals surface area contributed by atoms with Gasteiger partial charge in [0.05, 0.1) is 0 Å². The molecule has 4 atom stereocenters. The van der Waals surface area contributed by atoms with Crippen molar-refractivity contribution in [1.82, 2.24) is 15.5 Å². The topological polar surface area (TPSA) is 78.5 Å². The van der Waals surface area contributed by atoms with Crippen LogP contribution in [0.3, 0.4) is 0 Å². The molecule has 3 rings (SSSR count). The first kappa shape index (κ1) is 20.3. The van der Waals surface area contributed by atoms with Crippen LogP contribution in [0.25, 0.3) is 0 Å². The van der Waals surface area contributed by atoms with Crippen LogP contribution in [-0.4, -0.2) is 35.3 Å². The number of nitrogens with zero attached hydrogens (tertiary/aromatic N) is 1. The first-order chi connectivity index (χ1) is 13.3. The van der Waals surface area contributed by atoms with Gasteiger partial charge in [0.1, 0.15) is 17.9 Å². The monoisotopic (exact) mass is 389 g/mol. The molecule has 1 aromatic rings. The summed E-state index contributed by atoms with van der Waals surface area (Å²) in [5, 5.41) is 5.71. The highest BCUT2D eigenvalue weighted by Gasteiger charge is 2.51. The summed E-state index contributed by atoms with van der Waals surface area (Å²) in [6.45, 7) is 5.76. The van der Waals surface area contributed by atoms with Gasteiger partial charge in [0.2, 0.25) is 5.91 Å². The summed E-state index contributed by atoms with van der Waals surface area (Å²) in [4.78, 5) is 39.1. The van der Waals surface area contributed by atoms with Gasteiger partial charge >= 0.3 is 6.03 Å². The van der Waals surface area contributed by atoms with Gasteiger partial charge in [-0.1, -0.05) is 45.7 Å². The second kappa shape index (κ2) is 7.89. The fourth-order valence-corrected chi connectivity index (χ4v) is 4.33. The number of urea groups is 1. The number of hydrogen-bond acceptors (Lipinski definition) is 3. The predicted molar refractivity (Wildman–Crippen MR) is 103 cm³/mol. The van der Waals surface area contributed by atoms with Crippen molar-refractivity contribution in [3.8, 4) is 0 Å². The Morgan fingerprint density at radius 2 is 1.93 bits per heavy atom. The lowest BCUT2D eigenvalue weighted by molar-refractivity contribution is -0.135. The van der Waals surface area contributed by atoms with Crippen molar-refractivity contribution in [3.05, 3.63) is 35.6 Å². The SMILES string of the molecule is CC[C@]1(c2ccc(F)cc2)NC(=O)N(CC(=O)N[C@@H]2CCC[C@@H](C)[C@H]2C)C1=O. The number of hydrogen-bond donors (Lipinski definition) is 2. The highest BCUT2D eigenvalue weighted by atomic mass is 19.1. The average molecular weight is 389 g/mol. The van der Waals surface area contributed by atoms with E-state index in [-0.39, 0.29) is 18.5 Å². The molecule has 28 heavy (non-hydrogen) atoms. The second-order valence-electron chi connectivity index (χ2n) is 8.03. The van der Waals surface area contributed by atoms with E-state index in [1.165, 1.54) is 24.3 Å². The minimum Gasteiger partial charge on any atom is -0.352 e. The van der Waals surface area contributed by atoms with Gasteiger partial charge in [0.15, 0.2) is 0 Å². The molecule has 0 spiro atoms. The fraction of sp³-hybridized carbons (Fsp3) is 0.571. The van der Waals surface area contributed by atoms with Crippen molar-refractivity contribution < 1.29 is 18.8 Å². The summed E-state index contributed by atoms with van der Waals surface area (Å²) >= 11 is 0. The van der Waals surface area contributed by atoms with Crippen molar-refractivity contribution >= 4 is 17.8 Å². The largest absolute Gasteiger partial charge is 0.352 e. The number of rotatable bonds is 5. The zero-order chi connectivity index (χ0) is 20.5. The van der Waals surface area contributed by atoms with E-state index in [2.05, 4.69) is 24.5 Å². The molecule has 1 saturated heterocycles. The summed E-state index contributed by atoms with van der Waals surface area (Å²) < 4.78 is 13.3. The summed E-state index contributed by atoms with van der Waals surface area (Å²) in [5.74, 6) is -0.345. The Kier molecular flexibility index (Phi) is 5.72. The Balaban J connectivity index is 1.72. The average Bonchev–Trinajstić information content (AvgIpc) is 2.91. The molecule has 0 radical (unpaired) electrons. The lowest BCUT2D eigenvalue weighted by Crippen LogP contribution is -2.49. The molecule has 1 saturated carbocycles. The van der Waals surface area contributed by atoms with Gasteiger partial charge in [0, 0.05) is 6.04 Å². The van der Waals surface area contributed by atoms with E-state index >= 15 is 0 Å². The Morgan fingerprint density at radius 3 is 2.57 bits per heavy atom. The standard InChI is InChI=1S/C21H28FN3O3/c1-4-21(15-8-10-16(22)11-9-15)19(27)25(20(28)24-21)12-18(26)23-17-7-5-6-13(2)14(17)3/h8-11,13-14,17H,4-7,12H2,1-3H3,(H,23,26)(H,24,28)/t13-,14-,17-,21-/m1/s1.